The molecule has 1 heterocycles. The predicted molar refractivity (Wildman–Crippen MR) is 128 cm³/mol. The minimum absolute atomic E-state index is 0.0968. The van der Waals surface area contributed by atoms with Crippen LogP contribution in [0.15, 0.2) is 54.6 Å². The molecule has 2 aliphatic rings. The Bertz CT molecular complexity index is 1150. The zero-order valence-electron chi connectivity index (χ0n) is 19.5. The average molecular weight is 477 g/mol. The Balaban J connectivity index is 1.41. The van der Waals surface area contributed by atoms with E-state index < -0.39 is 30.3 Å². The van der Waals surface area contributed by atoms with E-state index in [1.54, 1.807) is 24.3 Å². The van der Waals surface area contributed by atoms with E-state index in [4.69, 9.17) is 0 Å². The van der Waals surface area contributed by atoms with Gasteiger partial charge in [0.1, 0.15) is 6.54 Å². The predicted octanol–water partition coefficient (Wildman–Crippen LogP) is 2.92. The smallest absolute Gasteiger partial charge is 0.334 e. The molecule has 4 rings (SSSR count). The number of nitrogens with zero attached hydrogens (tertiary/aromatic N) is 2. The minimum atomic E-state index is -1.00. The Kier molecular flexibility index (Phi) is 7.24. The number of amides is 6. The standard InChI is InChI=1S/C26H28N4O5/c1-17-9-5-8-14-21(17)30-25(34)24(33)29(26(30)35)16-22(31)28-20-13-7-6-12-19(20)23(32)27-15-18-10-3-2-4-11-18/h2-4,6-7,10-13,17,21H,5,8-9,14-16H2,1H3,(H,27,32)(H,28,31)/t17-,21-/m0/s1. The number of rotatable bonds is 7. The summed E-state index contributed by atoms with van der Waals surface area (Å²) in [5.74, 6) is -2.86. The van der Waals surface area contributed by atoms with E-state index in [0.717, 1.165) is 29.7 Å². The van der Waals surface area contributed by atoms with Gasteiger partial charge in [0.15, 0.2) is 0 Å². The van der Waals surface area contributed by atoms with Crippen molar-refractivity contribution in [2.75, 3.05) is 11.9 Å². The Morgan fingerprint density at radius 2 is 1.60 bits per heavy atom. The molecule has 6 amide bonds. The fourth-order valence-electron chi connectivity index (χ4n) is 4.63. The van der Waals surface area contributed by atoms with E-state index in [9.17, 15) is 24.0 Å². The zero-order valence-corrected chi connectivity index (χ0v) is 19.5. The van der Waals surface area contributed by atoms with Gasteiger partial charge in [0, 0.05) is 12.6 Å². The molecule has 2 aromatic carbocycles. The van der Waals surface area contributed by atoms with Crippen LogP contribution in [0.25, 0.3) is 0 Å². The summed E-state index contributed by atoms with van der Waals surface area (Å²) in [5, 5.41) is 5.41. The van der Waals surface area contributed by atoms with Gasteiger partial charge in [-0.25, -0.2) is 9.69 Å². The molecule has 0 unspecified atom stereocenters. The van der Waals surface area contributed by atoms with Crippen LogP contribution in [0.1, 0.15) is 48.5 Å². The Hall–Kier alpha value is -4.01. The molecular formula is C26H28N4O5. The average Bonchev–Trinajstić information content (AvgIpc) is 3.07. The summed E-state index contributed by atoms with van der Waals surface area (Å²) >= 11 is 0. The molecule has 1 aliphatic carbocycles. The monoisotopic (exact) mass is 476 g/mol. The van der Waals surface area contributed by atoms with Crippen molar-refractivity contribution < 1.29 is 24.0 Å². The lowest BCUT2D eigenvalue weighted by Crippen LogP contribution is -2.46. The number of urea groups is 1. The third-order valence-corrected chi connectivity index (χ3v) is 6.53. The van der Waals surface area contributed by atoms with Gasteiger partial charge in [-0.1, -0.05) is 62.2 Å². The van der Waals surface area contributed by atoms with Crippen LogP contribution >= 0.6 is 0 Å². The molecule has 2 N–H and O–H groups in total. The fourth-order valence-corrected chi connectivity index (χ4v) is 4.63. The van der Waals surface area contributed by atoms with E-state index in [1.807, 2.05) is 37.3 Å². The van der Waals surface area contributed by atoms with Crippen molar-refractivity contribution in [2.45, 2.75) is 45.2 Å². The maximum Gasteiger partial charge on any atom is 0.334 e. The quantitative estimate of drug-likeness (QED) is 0.471. The van der Waals surface area contributed by atoms with Crippen LogP contribution in [-0.2, 0) is 20.9 Å². The second-order valence-corrected chi connectivity index (χ2v) is 8.94. The molecule has 2 atom stereocenters. The molecule has 182 valence electrons. The van der Waals surface area contributed by atoms with Gasteiger partial charge in [-0.2, -0.15) is 0 Å². The number of nitrogens with one attached hydrogen (secondary N) is 2. The third kappa shape index (κ3) is 5.24. The molecule has 0 bridgehead atoms. The van der Waals surface area contributed by atoms with Gasteiger partial charge in [0.25, 0.3) is 5.91 Å². The lowest BCUT2D eigenvalue weighted by molar-refractivity contribution is -0.145. The summed E-state index contributed by atoms with van der Waals surface area (Å²) in [5.41, 5.74) is 1.41. The number of hydrogen-bond donors (Lipinski definition) is 2. The molecule has 0 aromatic heterocycles. The van der Waals surface area contributed by atoms with Crippen LogP contribution in [0, 0.1) is 5.92 Å². The fraction of sp³-hybridized carbons (Fsp3) is 0.346. The lowest BCUT2D eigenvalue weighted by atomic mass is 9.85. The van der Waals surface area contributed by atoms with Gasteiger partial charge in [0.2, 0.25) is 5.91 Å². The molecule has 0 radical (unpaired) electrons. The number of anilines is 1. The molecular weight excluding hydrogens is 448 g/mol. The highest BCUT2D eigenvalue weighted by atomic mass is 16.2. The van der Waals surface area contributed by atoms with E-state index in [2.05, 4.69) is 10.6 Å². The molecule has 1 saturated heterocycles. The second-order valence-electron chi connectivity index (χ2n) is 8.94. The number of imide groups is 2. The van der Waals surface area contributed by atoms with E-state index in [1.165, 1.54) is 0 Å². The summed E-state index contributed by atoms with van der Waals surface area (Å²) in [7, 11) is 0. The number of carbonyl (C=O) groups excluding carboxylic acids is 5. The van der Waals surface area contributed by atoms with Crippen LogP contribution in [0.2, 0.25) is 0 Å². The molecule has 9 nitrogen and oxygen atoms in total. The van der Waals surface area contributed by atoms with Crippen molar-refractivity contribution in [3.8, 4) is 0 Å². The maximum absolute atomic E-state index is 12.9. The molecule has 1 saturated carbocycles. The highest BCUT2D eigenvalue weighted by Crippen LogP contribution is 2.31. The van der Waals surface area contributed by atoms with Gasteiger partial charge in [-0.05, 0) is 36.5 Å². The summed E-state index contributed by atoms with van der Waals surface area (Å²) in [6.07, 6.45) is 3.42. The molecule has 0 spiro atoms. The topological polar surface area (TPSA) is 116 Å². The molecule has 1 aliphatic heterocycles. The molecule has 2 fully saturated rings. The molecule has 9 heteroatoms. The van der Waals surface area contributed by atoms with Crippen molar-refractivity contribution in [3.05, 3.63) is 65.7 Å². The summed E-state index contributed by atoms with van der Waals surface area (Å²) in [4.78, 5) is 65.2. The van der Waals surface area contributed by atoms with E-state index in [-0.39, 0.29) is 29.1 Å². The molecule has 2 aromatic rings. The van der Waals surface area contributed by atoms with E-state index >= 15 is 0 Å². The van der Waals surface area contributed by atoms with Crippen LogP contribution in [0.3, 0.4) is 0 Å². The summed E-state index contributed by atoms with van der Waals surface area (Å²) < 4.78 is 0. The van der Waals surface area contributed by atoms with Crippen LogP contribution in [-0.4, -0.2) is 52.0 Å². The Morgan fingerprint density at radius 3 is 2.34 bits per heavy atom. The van der Waals surface area contributed by atoms with Gasteiger partial charge in [-0.15, -0.1) is 0 Å². The zero-order chi connectivity index (χ0) is 24.9. The first-order valence-corrected chi connectivity index (χ1v) is 11.8. The lowest BCUT2D eigenvalue weighted by Gasteiger charge is -2.34. The van der Waals surface area contributed by atoms with Gasteiger partial charge < -0.3 is 10.6 Å². The minimum Gasteiger partial charge on any atom is -0.348 e. The SMILES string of the molecule is C[C@H]1CCCC[C@@H]1N1C(=O)C(=O)N(CC(=O)Nc2ccccc2C(=O)NCc2ccccc2)C1=O. The molecule has 35 heavy (non-hydrogen) atoms. The third-order valence-electron chi connectivity index (χ3n) is 6.53. The summed E-state index contributed by atoms with van der Waals surface area (Å²) in [6.45, 7) is 1.67. The van der Waals surface area contributed by atoms with Gasteiger partial charge in [0.05, 0.1) is 11.3 Å². The first-order chi connectivity index (χ1) is 16.9. The largest absolute Gasteiger partial charge is 0.348 e. The highest BCUT2D eigenvalue weighted by molar-refractivity contribution is 6.45. The normalized spacial score (nSPS) is 20.2. The van der Waals surface area contributed by atoms with Crippen molar-refractivity contribution >= 4 is 35.3 Å². The summed E-state index contributed by atoms with van der Waals surface area (Å²) in [6, 6.07) is 14.8. The van der Waals surface area contributed by atoms with Crippen molar-refractivity contribution in [2.24, 2.45) is 5.92 Å². The van der Waals surface area contributed by atoms with Crippen molar-refractivity contribution in [1.29, 1.82) is 0 Å². The number of carbonyl (C=O) groups is 5. The number of para-hydroxylation sites is 1. The van der Waals surface area contributed by atoms with Gasteiger partial charge >= 0.3 is 17.8 Å². The Labute approximate surface area is 203 Å². The second kappa shape index (κ2) is 10.5. The number of benzene rings is 2. The number of hydrogen-bond acceptors (Lipinski definition) is 5. The van der Waals surface area contributed by atoms with Crippen molar-refractivity contribution in [1.82, 2.24) is 15.1 Å². The maximum atomic E-state index is 12.9. The van der Waals surface area contributed by atoms with Crippen LogP contribution in [0.4, 0.5) is 10.5 Å². The highest BCUT2D eigenvalue weighted by Gasteiger charge is 2.49. The van der Waals surface area contributed by atoms with Crippen LogP contribution < -0.4 is 10.6 Å². The Morgan fingerprint density at radius 1 is 0.914 bits per heavy atom. The van der Waals surface area contributed by atoms with Crippen molar-refractivity contribution in [3.63, 3.8) is 0 Å². The van der Waals surface area contributed by atoms with Crippen LogP contribution in [0.5, 0.6) is 0 Å². The first kappa shape index (κ1) is 24.1. The first-order valence-electron chi connectivity index (χ1n) is 11.8. The van der Waals surface area contributed by atoms with E-state index in [0.29, 0.717) is 17.9 Å². The van der Waals surface area contributed by atoms with Gasteiger partial charge in [-0.3, -0.25) is 24.1 Å².